The molecule has 0 fully saturated rings. The molecule has 1 atom stereocenters. The van der Waals surface area contributed by atoms with Crippen LogP contribution in [0.3, 0.4) is 0 Å². The van der Waals surface area contributed by atoms with E-state index in [1.54, 1.807) is 12.3 Å². The third-order valence-electron chi connectivity index (χ3n) is 6.62. The second-order valence-electron chi connectivity index (χ2n) is 9.01. The summed E-state index contributed by atoms with van der Waals surface area (Å²) in [5, 5.41) is 4.89. The molecular formula is C29H24F3N3O. The van der Waals surface area contributed by atoms with Crippen molar-refractivity contribution in [2.45, 2.75) is 32.5 Å². The first kappa shape index (κ1) is 23.6. The molecule has 182 valence electrons. The molecule has 0 radical (unpaired) electrons. The van der Waals surface area contributed by atoms with Gasteiger partial charge in [0.25, 0.3) is 5.91 Å². The van der Waals surface area contributed by atoms with Gasteiger partial charge in [0.1, 0.15) is 5.69 Å². The van der Waals surface area contributed by atoms with Gasteiger partial charge < -0.3 is 10.3 Å². The summed E-state index contributed by atoms with van der Waals surface area (Å²) in [4.78, 5) is 21.0. The van der Waals surface area contributed by atoms with E-state index in [0.717, 1.165) is 50.6 Å². The Morgan fingerprint density at radius 1 is 0.917 bits per heavy atom. The quantitative estimate of drug-likeness (QED) is 0.279. The number of fused-ring (bicyclic) bond motifs is 3. The second kappa shape index (κ2) is 9.15. The van der Waals surface area contributed by atoms with Gasteiger partial charge >= 0.3 is 6.18 Å². The van der Waals surface area contributed by atoms with Crippen LogP contribution in [0.15, 0.2) is 79.0 Å². The molecule has 0 aliphatic heterocycles. The number of carbonyl (C=O) groups is 1. The number of H-pyrrole nitrogens is 1. The number of benzene rings is 3. The van der Waals surface area contributed by atoms with Gasteiger partial charge in [-0.3, -0.25) is 4.79 Å². The van der Waals surface area contributed by atoms with E-state index in [-0.39, 0.29) is 5.69 Å². The summed E-state index contributed by atoms with van der Waals surface area (Å²) in [6.07, 6.45) is -2.36. The maximum atomic E-state index is 13.4. The number of pyridine rings is 1. The first-order valence-electron chi connectivity index (χ1n) is 11.6. The predicted molar refractivity (Wildman–Crippen MR) is 135 cm³/mol. The molecule has 2 N–H and O–H groups in total. The van der Waals surface area contributed by atoms with E-state index in [1.807, 2.05) is 56.3 Å². The molecule has 0 saturated heterocycles. The van der Waals surface area contributed by atoms with Crippen LogP contribution in [-0.4, -0.2) is 15.9 Å². The average Bonchev–Trinajstić information content (AvgIpc) is 3.23. The van der Waals surface area contributed by atoms with Crippen LogP contribution >= 0.6 is 0 Å². The molecule has 0 aliphatic rings. The van der Waals surface area contributed by atoms with Crippen molar-refractivity contribution < 1.29 is 18.0 Å². The Kier molecular flexibility index (Phi) is 6.00. The maximum Gasteiger partial charge on any atom is 0.416 e. The topological polar surface area (TPSA) is 57.8 Å². The van der Waals surface area contributed by atoms with Gasteiger partial charge in [0.2, 0.25) is 0 Å². The van der Waals surface area contributed by atoms with Crippen LogP contribution < -0.4 is 5.32 Å². The minimum absolute atomic E-state index is 0.241. The number of aromatic nitrogens is 2. The fraction of sp³-hybridized carbons (Fsp3) is 0.172. The number of aryl methyl sites for hydroxylation is 2. The van der Waals surface area contributed by atoms with Gasteiger partial charge in [-0.2, -0.15) is 13.2 Å². The molecule has 2 aromatic heterocycles. The maximum absolute atomic E-state index is 13.4. The van der Waals surface area contributed by atoms with Crippen molar-refractivity contribution in [3.8, 4) is 0 Å². The van der Waals surface area contributed by atoms with Crippen molar-refractivity contribution in [2.75, 3.05) is 0 Å². The normalized spacial score (nSPS) is 12.7. The van der Waals surface area contributed by atoms with Crippen molar-refractivity contribution in [1.82, 2.24) is 15.3 Å². The molecule has 0 spiro atoms. The number of amides is 1. The fourth-order valence-electron chi connectivity index (χ4n) is 4.64. The standard InChI is InChI=1S/C29H24F3N3O/c1-17-6-5-7-18(2)22(17)14-25(19-10-12-20(13-11-19)29(30,31)32)35-28(36)26-15-23-21-8-3-4-9-24(21)34-27(23)16-33-26/h3-13,15-16,25,34H,14H2,1-2H3,(H,35,36). The number of alkyl halides is 3. The van der Waals surface area contributed by atoms with Crippen LogP contribution in [0.2, 0.25) is 0 Å². The molecule has 0 aliphatic carbocycles. The average molecular weight is 488 g/mol. The lowest BCUT2D eigenvalue weighted by Crippen LogP contribution is -2.31. The number of aromatic amines is 1. The molecular weight excluding hydrogens is 463 g/mol. The van der Waals surface area contributed by atoms with Crippen LogP contribution in [0.4, 0.5) is 13.2 Å². The highest BCUT2D eigenvalue weighted by molar-refractivity contribution is 6.09. The monoisotopic (exact) mass is 487 g/mol. The van der Waals surface area contributed by atoms with Crippen LogP contribution in [0.25, 0.3) is 21.8 Å². The number of nitrogens with zero attached hydrogens (tertiary/aromatic N) is 1. The van der Waals surface area contributed by atoms with E-state index in [1.165, 1.54) is 12.1 Å². The molecule has 3 aromatic carbocycles. The zero-order valence-corrected chi connectivity index (χ0v) is 19.8. The van der Waals surface area contributed by atoms with Gasteiger partial charge in [-0.25, -0.2) is 4.98 Å². The summed E-state index contributed by atoms with van der Waals surface area (Å²) in [6.45, 7) is 3.97. The number of carbonyl (C=O) groups excluding carboxylic acids is 1. The first-order chi connectivity index (χ1) is 17.2. The second-order valence-corrected chi connectivity index (χ2v) is 9.01. The summed E-state index contributed by atoms with van der Waals surface area (Å²) in [6, 6.07) is 19.9. The smallest absolute Gasteiger partial charge is 0.353 e. The lowest BCUT2D eigenvalue weighted by Gasteiger charge is -2.22. The summed E-state index contributed by atoms with van der Waals surface area (Å²) < 4.78 is 39.4. The summed E-state index contributed by atoms with van der Waals surface area (Å²) in [5.41, 5.74) is 5.03. The first-order valence-corrected chi connectivity index (χ1v) is 11.6. The zero-order valence-electron chi connectivity index (χ0n) is 19.8. The van der Waals surface area contributed by atoms with Crippen LogP contribution in [-0.2, 0) is 12.6 Å². The Hall–Kier alpha value is -4.13. The number of rotatable bonds is 5. The molecule has 36 heavy (non-hydrogen) atoms. The van der Waals surface area contributed by atoms with E-state index in [0.29, 0.717) is 12.0 Å². The minimum atomic E-state index is -4.43. The van der Waals surface area contributed by atoms with Crippen LogP contribution in [0, 0.1) is 13.8 Å². The van der Waals surface area contributed by atoms with Crippen molar-refractivity contribution in [3.63, 3.8) is 0 Å². The van der Waals surface area contributed by atoms with Gasteiger partial charge in [-0.1, -0.05) is 48.5 Å². The predicted octanol–water partition coefficient (Wildman–Crippen LogP) is 7.07. The Morgan fingerprint density at radius 2 is 1.61 bits per heavy atom. The Bertz CT molecular complexity index is 1550. The highest BCUT2D eigenvalue weighted by atomic mass is 19.4. The van der Waals surface area contributed by atoms with Crippen molar-refractivity contribution in [2.24, 2.45) is 0 Å². The SMILES string of the molecule is Cc1cccc(C)c1CC(NC(=O)c1cc2c(cn1)[nH]c1ccccc12)c1ccc(C(F)(F)F)cc1. The summed E-state index contributed by atoms with van der Waals surface area (Å²) >= 11 is 0. The lowest BCUT2D eigenvalue weighted by molar-refractivity contribution is -0.137. The fourth-order valence-corrected chi connectivity index (χ4v) is 4.64. The van der Waals surface area contributed by atoms with Crippen molar-refractivity contribution in [1.29, 1.82) is 0 Å². The van der Waals surface area contributed by atoms with Crippen molar-refractivity contribution in [3.05, 3.63) is 113 Å². The number of hydrogen-bond acceptors (Lipinski definition) is 2. The third-order valence-corrected chi connectivity index (χ3v) is 6.62. The number of nitrogens with one attached hydrogen (secondary N) is 2. The Labute approximate surface area is 206 Å². The van der Waals surface area contributed by atoms with Crippen LogP contribution in [0.1, 0.15) is 44.3 Å². The molecule has 5 aromatic rings. The molecule has 7 heteroatoms. The molecule has 4 nitrogen and oxygen atoms in total. The van der Waals surface area contributed by atoms with Gasteiger partial charge in [-0.15, -0.1) is 0 Å². The minimum Gasteiger partial charge on any atom is -0.353 e. The van der Waals surface area contributed by atoms with E-state index in [9.17, 15) is 18.0 Å². The highest BCUT2D eigenvalue weighted by Gasteiger charge is 2.30. The van der Waals surface area contributed by atoms with E-state index < -0.39 is 23.7 Å². The molecule has 5 rings (SSSR count). The Morgan fingerprint density at radius 3 is 2.31 bits per heavy atom. The van der Waals surface area contributed by atoms with Gasteiger partial charge in [0.05, 0.1) is 23.3 Å². The number of para-hydroxylation sites is 1. The molecule has 2 heterocycles. The molecule has 0 saturated carbocycles. The number of halogens is 3. The highest BCUT2D eigenvalue weighted by Crippen LogP contribution is 2.31. The van der Waals surface area contributed by atoms with Crippen molar-refractivity contribution >= 4 is 27.7 Å². The zero-order chi connectivity index (χ0) is 25.4. The molecule has 1 amide bonds. The van der Waals surface area contributed by atoms with Gasteiger partial charge in [0.15, 0.2) is 0 Å². The molecule has 1 unspecified atom stereocenters. The van der Waals surface area contributed by atoms with Gasteiger partial charge in [0, 0.05) is 16.3 Å². The number of hydrogen-bond donors (Lipinski definition) is 2. The largest absolute Gasteiger partial charge is 0.416 e. The lowest BCUT2D eigenvalue weighted by atomic mass is 9.92. The summed E-state index contributed by atoms with van der Waals surface area (Å²) in [5.74, 6) is -0.390. The molecule has 0 bridgehead atoms. The van der Waals surface area contributed by atoms with E-state index in [2.05, 4.69) is 15.3 Å². The third kappa shape index (κ3) is 4.56. The van der Waals surface area contributed by atoms with E-state index in [4.69, 9.17) is 0 Å². The van der Waals surface area contributed by atoms with Gasteiger partial charge in [-0.05, 0) is 66.8 Å². The Balaban J connectivity index is 1.50. The summed E-state index contributed by atoms with van der Waals surface area (Å²) in [7, 11) is 0. The van der Waals surface area contributed by atoms with Crippen LogP contribution in [0.5, 0.6) is 0 Å². The van der Waals surface area contributed by atoms with E-state index >= 15 is 0 Å².